The average Bonchev–Trinajstić information content (AvgIpc) is 3.26. The monoisotopic (exact) mass is 343 g/mol. The molecule has 1 saturated heterocycles. The fourth-order valence-electron chi connectivity index (χ4n) is 4.19. The van der Waals surface area contributed by atoms with Crippen molar-refractivity contribution in [3.8, 4) is 0 Å². The Morgan fingerprint density at radius 3 is 2.36 bits per heavy atom. The molecule has 0 aromatic heterocycles. The summed E-state index contributed by atoms with van der Waals surface area (Å²) in [6, 6.07) is 9.65. The summed E-state index contributed by atoms with van der Waals surface area (Å²) in [6.07, 6.45) is 6.01. The van der Waals surface area contributed by atoms with Crippen molar-refractivity contribution in [2.24, 2.45) is 0 Å². The maximum absolute atomic E-state index is 13.1. The first-order valence-corrected chi connectivity index (χ1v) is 9.76. The summed E-state index contributed by atoms with van der Waals surface area (Å²) in [5, 5.41) is 0. The number of aryl methyl sites for hydroxylation is 1. The smallest absolute Gasteiger partial charge is 0.237 e. The van der Waals surface area contributed by atoms with E-state index >= 15 is 0 Å². The Hall–Kier alpha value is -1.39. The van der Waals surface area contributed by atoms with Gasteiger partial charge in [0.1, 0.15) is 0 Å². The van der Waals surface area contributed by atoms with Crippen LogP contribution in [0.4, 0.5) is 0 Å². The van der Waals surface area contributed by atoms with Crippen molar-refractivity contribution in [1.29, 1.82) is 0 Å². The third kappa shape index (κ3) is 4.83. The minimum Gasteiger partial charge on any atom is -0.334 e. The van der Waals surface area contributed by atoms with Crippen molar-refractivity contribution < 1.29 is 4.79 Å². The highest BCUT2D eigenvalue weighted by Crippen LogP contribution is 2.26. The molecule has 25 heavy (non-hydrogen) atoms. The standard InChI is InChI=1S/C21H33N3O/c1-17-8-10-18(11-9-17)14-24(19-6-4-5-7-19)21(25)16-23-13-12-20(15-23)22(2)3/h8-11,19-20H,4-7,12-16H2,1-3H3. The van der Waals surface area contributed by atoms with Crippen molar-refractivity contribution in [2.75, 3.05) is 33.7 Å². The second-order valence-corrected chi connectivity index (χ2v) is 8.09. The van der Waals surface area contributed by atoms with E-state index in [1.807, 2.05) is 0 Å². The van der Waals surface area contributed by atoms with E-state index in [-0.39, 0.29) is 0 Å². The minimum absolute atomic E-state index is 0.312. The van der Waals surface area contributed by atoms with Crippen LogP contribution in [0.1, 0.15) is 43.2 Å². The van der Waals surface area contributed by atoms with E-state index in [0.29, 0.717) is 24.5 Å². The number of carbonyl (C=O) groups is 1. The number of hydrogen-bond acceptors (Lipinski definition) is 3. The predicted molar refractivity (Wildman–Crippen MR) is 103 cm³/mol. The predicted octanol–water partition coefficient (Wildman–Crippen LogP) is 2.90. The Labute approximate surface area is 152 Å². The zero-order valence-electron chi connectivity index (χ0n) is 16.1. The van der Waals surface area contributed by atoms with Gasteiger partial charge in [-0.2, -0.15) is 0 Å². The van der Waals surface area contributed by atoms with Gasteiger partial charge in [-0.15, -0.1) is 0 Å². The molecule has 2 aliphatic rings. The van der Waals surface area contributed by atoms with Gasteiger partial charge in [-0.1, -0.05) is 42.7 Å². The van der Waals surface area contributed by atoms with Gasteiger partial charge in [-0.3, -0.25) is 9.69 Å². The summed E-state index contributed by atoms with van der Waals surface area (Å²) in [5.41, 5.74) is 2.52. The molecule has 0 spiro atoms. The molecule has 1 amide bonds. The summed E-state index contributed by atoms with van der Waals surface area (Å²) in [5.74, 6) is 0.312. The van der Waals surface area contributed by atoms with Crippen molar-refractivity contribution in [3.05, 3.63) is 35.4 Å². The van der Waals surface area contributed by atoms with E-state index < -0.39 is 0 Å². The van der Waals surface area contributed by atoms with Crippen LogP contribution in [0.2, 0.25) is 0 Å². The van der Waals surface area contributed by atoms with E-state index in [1.165, 1.54) is 30.4 Å². The number of nitrogens with zero attached hydrogens (tertiary/aromatic N) is 3. The summed E-state index contributed by atoms with van der Waals surface area (Å²) >= 11 is 0. The Morgan fingerprint density at radius 1 is 1.08 bits per heavy atom. The summed E-state index contributed by atoms with van der Waals surface area (Å²) < 4.78 is 0. The van der Waals surface area contributed by atoms with Crippen molar-refractivity contribution in [2.45, 2.75) is 57.7 Å². The Bertz CT molecular complexity index is 563. The zero-order valence-corrected chi connectivity index (χ0v) is 16.1. The van der Waals surface area contributed by atoms with Gasteiger partial charge in [-0.05, 0) is 45.8 Å². The van der Waals surface area contributed by atoms with Crippen molar-refractivity contribution in [3.63, 3.8) is 0 Å². The van der Waals surface area contributed by atoms with Gasteiger partial charge in [0.2, 0.25) is 5.91 Å². The molecule has 0 radical (unpaired) electrons. The largest absolute Gasteiger partial charge is 0.334 e. The number of carbonyl (C=O) groups excluding carboxylic acids is 1. The van der Waals surface area contributed by atoms with Gasteiger partial charge in [-0.25, -0.2) is 0 Å². The quantitative estimate of drug-likeness (QED) is 0.795. The molecule has 1 heterocycles. The first-order valence-electron chi connectivity index (χ1n) is 9.76. The van der Waals surface area contributed by atoms with E-state index in [4.69, 9.17) is 0 Å². The highest BCUT2D eigenvalue weighted by atomic mass is 16.2. The Balaban J connectivity index is 1.64. The lowest BCUT2D eigenvalue weighted by atomic mass is 10.1. The van der Waals surface area contributed by atoms with Crippen LogP contribution in [0.3, 0.4) is 0 Å². The van der Waals surface area contributed by atoms with Crippen molar-refractivity contribution >= 4 is 5.91 Å². The van der Waals surface area contributed by atoms with E-state index in [2.05, 4.69) is 60.0 Å². The summed E-state index contributed by atoms with van der Waals surface area (Å²) in [7, 11) is 4.27. The molecule has 3 rings (SSSR count). The van der Waals surface area contributed by atoms with Crippen LogP contribution in [-0.4, -0.2) is 66.4 Å². The molecule has 138 valence electrons. The zero-order chi connectivity index (χ0) is 17.8. The third-order valence-corrected chi connectivity index (χ3v) is 5.90. The molecule has 0 bridgehead atoms. The molecular weight excluding hydrogens is 310 g/mol. The maximum Gasteiger partial charge on any atom is 0.237 e. The fraction of sp³-hybridized carbons (Fsp3) is 0.667. The average molecular weight is 344 g/mol. The first-order chi connectivity index (χ1) is 12.0. The van der Waals surface area contributed by atoms with Crippen LogP contribution < -0.4 is 0 Å². The highest BCUT2D eigenvalue weighted by Gasteiger charge is 2.30. The van der Waals surface area contributed by atoms with Gasteiger partial charge >= 0.3 is 0 Å². The van der Waals surface area contributed by atoms with Crippen LogP contribution in [0.15, 0.2) is 24.3 Å². The molecule has 1 aliphatic heterocycles. The van der Waals surface area contributed by atoms with Gasteiger partial charge in [0.25, 0.3) is 0 Å². The van der Waals surface area contributed by atoms with Gasteiger partial charge < -0.3 is 9.80 Å². The minimum atomic E-state index is 0.312. The fourth-order valence-corrected chi connectivity index (χ4v) is 4.19. The molecule has 1 aromatic rings. The lowest BCUT2D eigenvalue weighted by Crippen LogP contribution is -2.44. The molecule has 2 fully saturated rings. The number of rotatable bonds is 6. The SMILES string of the molecule is Cc1ccc(CN(C(=O)CN2CCC(N(C)C)C2)C2CCCC2)cc1. The highest BCUT2D eigenvalue weighted by molar-refractivity contribution is 5.78. The molecular formula is C21H33N3O. The van der Waals surface area contributed by atoms with Gasteiger partial charge in [0.15, 0.2) is 0 Å². The number of hydrogen-bond donors (Lipinski definition) is 0. The number of likely N-dealkylation sites (tertiary alicyclic amines) is 1. The molecule has 1 aromatic carbocycles. The number of benzene rings is 1. The Kier molecular flexibility index (Phi) is 6.13. The summed E-state index contributed by atoms with van der Waals surface area (Å²) in [4.78, 5) is 19.9. The number of likely N-dealkylation sites (N-methyl/N-ethyl adjacent to an activating group) is 1. The van der Waals surface area contributed by atoms with Crippen LogP contribution in [0.25, 0.3) is 0 Å². The second-order valence-electron chi connectivity index (χ2n) is 8.09. The lowest BCUT2D eigenvalue weighted by molar-refractivity contribution is -0.135. The first kappa shape index (κ1) is 18.4. The number of amides is 1. The van der Waals surface area contributed by atoms with Crippen molar-refractivity contribution in [1.82, 2.24) is 14.7 Å². The molecule has 4 nitrogen and oxygen atoms in total. The van der Waals surface area contributed by atoms with E-state index in [0.717, 1.165) is 32.5 Å². The van der Waals surface area contributed by atoms with Gasteiger partial charge in [0.05, 0.1) is 6.54 Å². The maximum atomic E-state index is 13.1. The normalized spacial score (nSPS) is 22.0. The molecule has 4 heteroatoms. The van der Waals surface area contributed by atoms with E-state index in [1.54, 1.807) is 0 Å². The molecule has 1 unspecified atom stereocenters. The molecule has 0 N–H and O–H groups in total. The van der Waals surface area contributed by atoms with Crippen LogP contribution >= 0.6 is 0 Å². The Morgan fingerprint density at radius 2 is 1.76 bits per heavy atom. The molecule has 1 saturated carbocycles. The molecule has 1 atom stereocenters. The van der Waals surface area contributed by atoms with Crippen LogP contribution in [-0.2, 0) is 11.3 Å². The summed E-state index contributed by atoms with van der Waals surface area (Å²) in [6.45, 7) is 5.50. The second kappa shape index (κ2) is 8.33. The third-order valence-electron chi connectivity index (χ3n) is 5.90. The lowest BCUT2D eigenvalue weighted by Gasteiger charge is -2.31. The molecule has 1 aliphatic carbocycles. The van der Waals surface area contributed by atoms with E-state index in [9.17, 15) is 4.79 Å². The van der Waals surface area contributed by atoms with Crippen LogP contribution in [0, 0.1) is 6.92 Å². The topological polar surface area (TPSA) is 26.8 Å². The van der Waals surface area contributed by atoms with Gasteiger partial charge in [0, 0.05) is 31.7 Å². The van der Waals surface area contributed by atoms with Crippen LogP contribution in [0.5, 0.6) is 0 Å².